The number of hydrogen-bond acceptors (Lipinski definition) is 3. The summed E-state index contributed by atoms with van der Waals surface area (Å²) >= 11 is 0. The van der Waals surface area contributed by atoms with Crippen LogP contribution >= 0.6 is 0 Å². The average molecular weight is 280 g/mol. The van der Waals surface area contributed by atoms with Crippen molar-refractivity contribution >= 4 is 5.97 Å². The molecule has 20 heavy (non-hydrogen) atoms. The van der Waals surface area contributed by atoms with Crippen molar-refractivity contribution in [1.82, 2.24) is 0 Å². The minimum atomic E-state index is -0.210. The molecule has 3 heteroatoms. The number of carbonyl (C=O) groups excluding carboxylic acids is 1. The molecule has 2 saturated heterocycles. The first-order valence-electron chi connectivity index (χ1n) is 8.53. The molecular weight excluding hydrogens is 252 g/mol. The molecule has 0 radical (unpaired) electrons. The van der Waals surface area contributed by atoms with Crippen molar-refractivity contribution in [2.45, 2.75) is 89.4 Å². The van der Waals surface area contributed by atoms with E-state index in [2.05, 4.69) is 6.92 Å². The van der Waals surface area contributed by atoms with Gasteiger partial charge in [0.15, 0.2) is 0 Å². The smallest absolute Gasteiger partial charge is 0.309 e. The molecule has 3 nitrogen and oxygen atoms in total. The second kappa shape index (κ2) is 5.67. The van der Waals surface area contributed by atoms with Gasteiger partial charge < -0.3 is 9.47 Å². The molecule has 4 atom stereocenters. The van der Waals surface area contributed by atoms with E-state index >= 15 is 0 Å². The summed E-state index contributed by atoms with van der Waals surface area (Å²) < 4.78 is 12.2. The molecule has 0 aromatic rings. The maximum absolute atomic E-state index is 12.3. The molecule has 1 aliphatic carbocycles. The van der Waals surface area contributed by atoms with Gasteiger partial charge in [0.25, 0.3) is 0 Å². The van der Waals surface area contributed by atoms with Crippen LogP contribution < -0.4 is 0 Å². The topological polar surface area (TPSA) is 35.5 Å². The number of rotatable bonds is 4. The largest absolute Gasteiger partial charge is 0.458 e. The zero-order valence-electron chi connectivity index (χ0n) is 12.9. The fourth-order valence-electron chi connectivity index (χ4n) is 4.36. The fourth-order valence-corrected chi connectivity index (χ4v) is 4.36. The van der Waals surface area contributed by atoms with Gasteiger partial charge in [0.1, 0.15) is 5.60 Å². The normalized spacial score (nSPS) is 36.8. The number of hydrogen-bond donors (Lipinski definition) is 0. The van der Waals surface area contributed by atoms with Crippen molar-refractivity contribution in [2.75, 3.05) is 0 Å². The van der Waals surface area contributed by atoms with Crippen molar-refractivity contribution < 1.29 is 14.3 Å². The van der Waals surface area contributed by atoms with Crippen molar-refractivity contribution in [3.8, 4) is 0 Å². The van der Waals surface area contributed by atoms with Crippen molar-refractivity contribution in [3.63, 3.8) is 0 Å². The van der Waals surface area contributed by atoms with Crippen LogP contribution in [0.15, 0.2) is 0 Å². The Balaban J connectivity index is 1.76. The van der Waals surface area contributed by atoms with Crippen molar-refractivity contribution in [2.24, 2.45) is 11.8 Å². The summed E-state index contributed by atoms with van der Waals surface area (Å²) in [5.74, 6) is 0.486. The van der Waals surface area contributed by atoms with Crippen LogP contribution in [0.2, 0.25) is 0 Å². The zero-order chi connectivity index (χ0) is 14.2. The Morgan fingerprint density at radius 2 is 2.05 bits per heavy atom. The van der Waals surface area contributed by atoms with Gasteiger partial charge in [-0.3, -0.25) is 4.79 Å². The van der Waals surface area contributed by atoms with Gasteiger partial charge in [0.2, 0.25) is 0 Å². The number of fused-ring (bicyclic) bond motifs is 2. The molecule has 4 unspecified atom stereocenters. The monoisotopic (exact) mass is 280 g/mol. The molecule has 114 valence electrons. The van der Waals surface area contributed by atoms with Gasteiger partial charge in [-0.25, -0.2) is 0 Å². The third-order valence-corrected chi connectivity index (χ3v) is 5.80. The first-order chi connectivity index (χ1) is 9.64. The summed E-state index contributed by atoms with van der Waals surface area (Å²) in [5.41, 5.74) is -0.210. The first kappa shape index (κ1) is 14.4. The van der Waals surface area contributed by atoms with Crippen LogP contribution in [0.1, 0.15) is 71.6 Å². The summed E-state index contributed by atoms with van der Waals surface area (Å²) in [5, 5.41) is 0. The molecule has 1 saturated carbocycles. The molecule has 2 heterocycles. The highest BCUT2D eigenvalue weighted by Crippen LogP contribution is 2.50. The van der Waals surface area contributed by atoms with Gasteiger partial charge in [0.05, 0.1) is 18.1 Å². The third kappa shape index (κ3) is 2.49. The third-order valence-electron chi connectivity index (χ3n) is 5.80. The summed E-state index contributed by atoms with van der Waals surface area (Å²) in [6, 6.07) is 0. The highest BCUT2D eigenvalue weighted by atomic mass is 16.6. The Labute approximate surface area is 122 Å². The minimum Gasteiger partial charge on any atom is -0.458 e. The molecule has 3 rings (SSSR count). The number of ether oxygens (including phenoxy) is 2. The van der Waals surface area contributed by atoms with Crippen LogP contribution in [0.3, 0.4) is 0 Å². The SMILES string of the molecule is CCC(C)C(=O)OC1(C2CC3CCC2O3)CCCCC1. The maximum atomic E-state index is 12.3. The molecule has 2 aliphatic heterocycles. The molecule has 0 spiro atoms. The second-order valence-electron chi connectivity index (χ2n) is 7.07. The Morgan fingerprint density at radius 3 is 2.60 bits per heavy atom. The molecule has 2 bridgehead atoms. The predicted octanol–water partition coefficient (Wildman–Crippen LogP) is 3.85. The Hall–Kier alpha value is -0.570. The lowest BCUT2D eigenvalue weighted by molar-refractivity contribution is -0.179. The van der Waals surface area contributed by atoms with Gasteiger partial charge in [0, 0.05) is 5.92 Å². The van der Waals surface area contributed by atoms with Gasteiger partial charge in [-0.05, 0) is 51.4 Å². The minimum absolute atomic E-state index is 0.0113. The highest BCUT2D eigenvalue weighted by Gasteiger charge is 2.54. The van der Waals surface area contributed by atoms with E-state index in [4.69, 9.17) is 9.47 Å². The standard InChI is InChI=1S/C17H28O3/c1-3-12(2)16(18)20-17(9-5-4-6-10-17)14-11-13-7-8-15(14)19-13/h12-15H,3-11H2,1-2H3. The summed E-state index contributed by atoms with van der Waals surface area (Å²) in [4.78, 5) is 12.3. The van der Waals surface area contributed by atoms with Crippen molar-refractivity contribution in [3.05, 3.63) is 0 Å². The zero-order valence-corrected chi connectivity index (χ0v) is 12.9. The van der Waals surface area contributed by atoms with E-state index in [0.717, 1.165) is 32.1 Å². The average Bonchev–Trinajstić information content (AvgIpc) is 3.10. The Bertz CT molecular complexity index is 359. The van der Waals surface area contributed by atoms with E-state index in [1.54, 1.807) is 0 Å². The van der Waals surface area contributed by atoms with Crippen molar-refractivity contribution in [1.29, 1.82) is 0 Å². The lowest BCUT2D eigenvalue weighted by atomic mass is 9.69. The van der Waals surface area contributed by atoms with E-state index in [-0.39, 0.29) is 17.5 Å². The van der Waals surface area contributed by atoms with E-state index in [1.807, 2.05) is 6.92 Å². The first-order valence-corrected chi connectivity index (χ1v) is 8.53. The summed E-state index contributed by atoms with van der Waals surface area (Å²) in [6.45, 7) is 4.04. The van der Waals surface area contributed by atoms with Crippen LogP contribution in [0.25, 0.3) is 0 Å². The quantitative estimate of drug-likeness (QED) is 0.734. The van der Waals surface area contributed by atoms with E-state index in [1.165, 1.54) is 25.7 Å². The van der Waals surface area contributed by atoms with Crippen LogP contribution in [0, 0.1) is 11.8 Å². The van der Waals surface area contributed by atoms with Gasteiger partial charge in [-0.2, -0.15) is 0 Å². The molecule has 3 aliphatic rings. The Kier molecular flexibility index (Phi) is 4.07. The van der Waals surface area contributed by atoms with Crippen LogP contribution in [-0.4, -0.2) is 23.8 Å². The molecule has 0 amide bonds. The molecular formula is C17H28O3. The molecule has 0 N–H and O–H groups in total. The van der Waals surface area contributed by atoms with Gasteiger partial charge >= 0.3 is 5.97 Å². The predicted molar refractivity (Wildman–Crippen MR) is 77.4 cm³/mol. The second-order valence-corrected chi connectivity index (χ2v) is 7.07. The molecule has 0 aromatic heterocycles. The lowest BCUT2D eigenvalue weighted by Gasteiger charge is -2.44. The highest BCUT2D eigenvalue weighted by molar-refractivity contribution is 5.72. The van der Waals surface area contributed by atoms with Crippen LogP contribution in [0.4, 0.5) is 0 Å². The van der Waals surface area contributed by atoms with Crippen LogP contribution in [0.5, 0.6) is 0 Å². The maximum Gasteiger partial charge on any atom is 0.309 e. The van der Waals surface area contributed by atoms with E-state index < -0.39 is 0 Å². The van der Waals surface area contributed by atoms with E-state index in [9.17, 15) is 4.79 Å². The fraction of sp³-hybridized carbons (Fsp3) is 0.941. The molecule has 3 fully saturated rings. The molecule has 0 aromatic carbocycles. The Morgan fingerprint density at radius 1 is 1.30 bits per heavy atom. The summed E-state index contributed by atoms with van der Waals surface area (Å²) in [7, 11) is 0. The van der Waals surface area contributed by atoms with Crippen LogP contribution in [-0.2, 0) is 14.3 Å². The lowest BCUT2D eigenvalue weighted by Crippen LogP contribution is -2.48. The summed E-state index contributed by atoms with van der Waals surface area (Å²) in [6.07, 6.45) is 10.9. The number of esters is 1. The van der Waals surface area contributed by atoms with Gasteiger partial charge in [-0.15, -0.1) is 0 Å². The number of carbonyl (C=O) groups is 1. The van der Waals surface area contributed by atoms with E-state index in [0.29, 0.717) is 18.1 Å². The van der Waals surface area contributed by atoms with Gasteiger partial charge in [-0.1, -0.05) is 20.3 Å².